The van der Waals surface area contributed by atoms with E-state index in [9.17, 15) is 18.4 Å². The molecular weight excluding hydrogens is 368 g/mol. The Balaban J connectivity index is 2.19. The van der Waals surface area contributed by atoms with Gasteiger partial charge in [0.1, 0.15) is 17.7 Å². The Bertz CT molecular complexity index is 785. The molecule has 0 radical (unpaired) electrons. The third-order valence-electron chi connectivity index (χ3n) is 4.49. The van der Waals surface area contributed by atoms with Crippen LogP contribution in [-0.2, 0) is 9.53 Å². The summed E-state index contributed by atoms with van der Waals surface area (Å²) in [6.45, 7) is 5.42. The third-order valence-corrected chi connectivity index (χ3v) is 4.49. The summed E-state index contributed by atoms with van der Waals surface area (Å²) in [4.78, 5) is 24.2. The number of nitrogens with zero attached hydrogens (tertiary/aromatic N) is 1. The lowest BCUT2D eigenvalue weighted by Crippen LogP contribution is -2.33. The molecule has 0 aliphatic carbocycles. The van der Waals surface area contributed by atoms with Gasteiger partial charge in [-0.05, 0) is 24.6 Å². The van der Waals surface area contributed by atoms with Crippen molar-refractivity contribution in [3.05, 3.63) is 53.1 Å². The fourth-order valence-corrected chi connectivity index (χ4v) is 2.90. The highest BCUT2D eigenvalue weighted by Gasteiger charge is 2.33. The highest BCUT2D eigenvalue weighted by Crippen LogP contribution is 2.30. The van der Waals surface area contributed by atoms with Gasteiger partial charge in [-0.15, -0.1) is 0 Å². The van der Waals surface area contributed by atoms with E-state index in [4.69, 9.17) is 10.5 Å². The van der Waals surface area contributed by atoms with Crippen LogP contribution in [-0.4, -0.2) is 37.7 Å². The van der Waals surface area contributed by atoms with Gasteiger partial charge in [-0.1, -0.05) is 25.2 Å². The number of hydrogen-bond acceptors (Lipinski definition) is 4. The number of carbonyl (C=O) groups excluding carboxylic acids is 2. The average Bonchev–Trinajstić information content (AvgIpc) is 3.01. The van der Waals surface area contributed by atoms with Gasteiger partial charge in [-0.2, -0.15) is 0 Å². The molecule has 1 aliphatic rings. The first-order valence-electron chi connectivity index (χ1n) is 9.01. The Kier molecular flexibility index (Phi) is 7.28. The van der Waals surface area contributed by atoms with Gasteiger partial charge >= 0.3 is 6.09 Å². The summed E-state index contributed by atoms with van der Waals surface area (Å²) in [7, 11) is 0. The quantitative estimate of drug-likeness (QED) is 0.698. The van der Waals surface area contributed by atoms with Gasteiger partial charge in [0.05, 0.1) is 18.8 Å². The van der Waals surface area contributed by atoms with E-state index in [0.717, 1.165) is 22.6 Å². The van der Waals surface area contributed by atoms with E-state index in [1.54, 1.807) is 19.1 Å². The summed E-state index contributed by atoms with van der Waals surface area (Å²) in [6.07, 6.45) is 3.95. The Morgan fingerprint density at radius 2 is 2.07 bits per heavy atom. The lowest BCUT2D eigenvalue weighted by molar-refractivity contribution is -0.119. The minimum Gasteiger partial charge on any atom is -0.442 e. The standard InChI is InChI=1S/C20H25F2N3O3/c1-4-14(9-23)6-5-12(2)19-17(21)7-15(8-18(19)22)25-11-16(28-20(25)27)10-24-13(3)26/h4-8,12,16H,9-11,23H2,1-3H3,(H,24,26)/b6-5-,14-4+. The molecule has 0 bridgehead atoms. The largest absolute Gasteiger partial charge is 0.442 e. The fourth-order valence-electron chi connectivity index (χ4n) is 2.90. The minimum atomic E-state index is -0.750. The second-order valence-corrected chi connectivity index (χ2v) is 6.59. The normalized spacial score (nSPS) is 18.5. The van der Waals surface area contributed by atoms with Crippen molar-refractivity contribution in [3.8, 4) is 0 Å². The molecule has 6 nitrogen and oxygen atoms in total. The van der Waals surface area contributed by atoms with E-state index < -0.39 is 29.7 Å². The molecule has 152 valence electrons. The van der Waals surface area contributed by atoms with Crippen LogP contribution in [0.25, 0.3) is 0 Å². The molecule has 1 saturated heterocycles. The molecule has 8 heteroatoms. The van der Waals surface area contributed by atoms with Crippen LogP contribution in [0.3, 0.4) is 0 Å². The maximum Gasteiger partial charge on any atom is 0.414 e. The first-order chi connectivity index (χ1) is 13.3. The Labute approximate surface area is 163 Å². The Hall–Kier alpha value is -2.74. The van der Waals surface area contributed by atoms with Crippen molar-refractivity contribution in [1.29, 1.82) is 0 Å². The molecule has 2 unspecified atom stereocenters. The number of allylic oxidation sites excluding steroid dienone is 2. The molecule has 3 N–H and O–H groups in total. The molecule has 0 spiro atoms. The van der Waals surface area contributed by atoms with Crippen LogP contribution < -0.4 is 16.0 Å². The maximum absolute atomic E-state index is 14.6. The molecular formula is C20H25F2N3O3. The third kappa shape index (κ3) is 5.16. The lowest BCUT2D eigenvalue weighted by Gasteiger charge is -2.17. The summed E-state index contributed by atoms with van der Waals surface area (Å²) < 4.78 is 34.4. The summed E-state index contributed by atoms with van der Waals surface area (Å²) in [5.74, 6) is -2.28. The van der Waals surface area contributed by atoms with E-state index in [0.29, 0.717) is 6.54 Å². The molecule has 1 heterocycles. The van der Waals surface area contributed by atoms with Gasteiger partial charge in [0.2, 0.25) is 5.91 Å². The number of benzene rings is 1. The average molecular weight is 393 g/mol. The molecule has 1 fully saturated rings. The molecule has 2 rings (SSSR count). The second kappa shape index (κ2) is 9.45. The van der Waals surface area contributed by atoms with Gasteiger partial charge in [0.25, 0.3) is 0 Å². The van der Waals surface area contributed by atoms with E-state index in [2.05, 4.69) is 5.32 Å². The topological polar surface area (TPSA) is 84.7 Å². The molecule has 1 aromatic rings. The second-order valence-electron chi connectivity index (χ2n) is 6.59. The molecule has 0 saturated carbocycles. The van der Waals surface area contributed by atoms with Crippen molar-refractivity contribution in [2.75, 3.05) is 24.5 Å². The lowest BCUT2D eigenvalue weighted by atomic mass is 9.97. The highest BCUT2D eigenvalue weighted by atomic mass is 19.1. The summed E-state index contributed by atoms with van der Waals surface area (Å²) in [5.41, 5.74) is 6.42. The summed E-state index contributed by atoms with van der Waals surface area (Å²) >= 11 is 0. The number of amides is 2. The number of nitrogens with two attached hydrogens (primary N) is 1. The zero-order valence-electron chi connectivity index (χ0n) is 16.2. The van der Waals surface area contributed by atoms with Crippen LogP contribution in [0.1, 0.15) is 32.3 Å². The SMILES string of the molecule is C/C=C(\C=C/C(C)c1c(F)cc(N2CC(CNC(C)=O)OC2=O)cc1F)CN. The van der Waals surface area contributed by atoms with Gasteiger partial charge < -0.3 is 15.8 Å². The van der Waals surface area contributed by atoms with Gasteiger partial charge in [0, 0.05) is 24.9 Å². The first kappa shape index (κ1) is 21.6. The number of ether oxygens (including phenoxy) is 1. The Morgan fingerprint density at radius 3 is 2.61 bits per heavy atom. The van der Waals surface area contributed by atoms with Gasteiger partial charge in [0.15, 0.2) is 0 Å². The number of cyclic esters (lactones) is 1. The van der Waals surface area contributed by atoms with Crippen molar-refractivity contribution in [3.63, 3.8) is 0 Å². The number of anilines is 1. The van der Waals surface area contributed by atoms with E-state index in [-0.39, 0.29) is 30.2 Å². The van der Waals surface area contributed by atoms with Crippen LogP contribution in [0.2, 0.25) is 0 Å². The molecule has 0 aromatic heterocycles. The number of rotatable bonds is 7. The molecule has 28 heavy (non-hydrogen) atoms. The molecule has 2 atom stereocenters. The van der Waals surface area contributed by atoms with Crippen molar-refractivity contribution >= 4 is 17.7 Å². The highest BCUT2D eigenvalue weighted by molar-refractivity contribution is 5.90. The number of hydrogen-bond donors (Lipinski definition) is 2. The van der Waals surface area contributed by atoms with Gasteiger partial charge in [-0.3, -0.25) is 9.69 Å². The zero-order valence-corrected chi connectivity index (χ0v) is 16.2. The predicted octanol–water partition coefficient (Wildman–Crippen LogP) is 2.99. The molecule has 2 amide bonds. The van der Waals surface area contributed by atoms with Crippen LogP contribution in [0.4, 0.5) is 19.3 Å². The summed E-state index contributed by atoms with van der Waals surface area (Å²) in [5, 5.41) is 2.55. The van der Waals surface area contributed by atoms with Crippen LogP contribution >= 0.6 is 0 Å². The number of nitrogens with one attached hydrogen (secondary N) is 1. The van der Waals surface area contributed by atoms with Crippen LogP contribution in [0.5, 0.6) is 0 Å². The molecule has 1 aromatic carbocycles. The van der Waals surface area contributed by atoms with Crippen LogP contribution in [0, 0.1) is 11.6 Å². The van der Waals surface area contributed by atoms with Crippen LogP contribution in [0.15, 0.2) is 35.9 Å². The Morgan fingerprint density at radius 1 is 1.43 bits per heavy atom. The van der Waals surface area contributed by atoms with E-state index >= 15 is 0 Å². The smallest absolute Gasteiger partial charge is 0.414 e. The number of carbonyl (C=O) groups is 2. The van der Waals surface area contributed by atoms with Gasteiger partial charge in [-0.25, -0.2) is 13.6 Å². The summed E-state index contributed by atoms with van der Waals surface area (Å²) in [6, 6.07) is 2.23. The predicted molar refractivity (Wildman–Crippen MR) is 103 cm³/mol. The number of halogens is 2. The zero-order chi connectivity index (χ0) is 20.8. The van der Waals surface area contributed by atoms with E-state index in [1.807, 2.05) is 13.0 Å². The maximum atomic E-state index is 14.6. The fraction of sp³-hybridized carbons (Fsp3) is 0.400. The van der Waals surface area contributed by atoms with Crippen molar-refractivity contribution in [1.82, 2.24) is 5.32 Å². The molecule has 1 aliphatic heterocycles. The van der Waals surface area contributed by atoms with Crippen molar-refractivity contribution < 1.29 is 23.1 Å². The monoisotopic (exact) mass is 393 g/mol. The van der Waals surface area contributed by atoms with E-state index in [1.165, 1.54) is 6.92 Å². The van der Waals surface area contributed by atoms with Crippen molar-refractivity contribution in [2.24, 2.45) is 5.73 Å². The first-order valence-corrected chi connectivity index (χ1v) is 9.01. The minimum absolute atomic E-state index is 0.0707. The van der Waals surface area contributed by atoms with Crippen molar-refractivity contribution in [2.45, 2.75) is 32.8 Å².